The van der Waals surface area contributed by atoms with Gasteiger partial charge in [-0.25, -0.2) is 27.2 Å². The van der Waals surface area contributed by atoms with Crippen LogP contribution in [-0.2, 0) is 16.6 Å². The van der Waals surface area contributed by atoms with Gasteiger partial charge in [0.1, 0.15) is 5.82 Å². The Morgan fingerprint density at radius 1 is 1.00 bits per heavy atom. The molecule has 1 heterocycles. The highest BCUT2D eigenvalue weighted by molar-refractivity contribution is 7.89. The average Bonchev–Trinajstić information content (AvgIpc) is 2.72. The standard InChI is InChI=1S/C20H22F2N4O2S/c1-3-26(4-2)29(27,28)15-11-9-14(10-12-15)13-23-19-16-7-5-6-8-17(16)24-20(25-19)18(21)22/h5-12,18H,3-4,13H2,1-2H3,(H,23,24,25). The van der Waals surface area contributed by atoms with Crippen LogP contribution in [0.5, 0.6) is 0 Å². The van der Waals surface area contributed by atoms with Gasteiger partial charge in [0.05, 0.1) is 10.4 Å². The van der Waals surface area contributed by atoms with Crippen molar-refractivity contribution in [1.29, 1.82) is 0 Å². The fourth-order valence-electron chi connectivity index (χ4n) is 3.00. The third-order valence-corrected chi connectivity index (χ3v) is 6.61. The van der Waals surface area contributed by atoms with Gasteiger partial charge in [-0.3, -0.25) is 0 Å². The highest BCUT2D eigenvalue weighted by Crippen LogP contribution is 2.25. The van der Waals surface area contributed by atoms with Crippen LogP contribution in [0, 0.1) is 0 Å². The molecule has 1 N–H and O–H groups in total. The Balaban J connectivity index is 1.82. The SMILES string of the molecule is CCN(CC)S(=O)(=O)c1ccc(CNc2nc(C(F)F)nc3ccccc23)cc1. The van der Waals surface area contributed by atoms with Gasteiger partial charge in [-0.05, 0) is 29.8 Å². The van der Waals surface area contributed by atoms with E-state index in [1.165, 1.54) is 4.31 Å². The summed E-state index contributed by atoms with van der Waals surface area (Å²) in [6, 6.07) is 13.4. The molecule has 6 nitrogen and oxygen atoms in total. The number of rotatable bonds is 8. The summed E-state index contributed by atoms with van der Waals surface area (Å²) in [6.45, 7) is 4.68. The molecule has 1 aromatic heterocycles. The molecular formula is C20H22F2N4O2S. The summed E-state index contributed by atoms with van der Waals surface area (Å²) in [7, 11) is -3.52. The first-order valence-electron chi connectivity index (χ1n) is 9.24. The van der Waals surface area contributed by atoms with E-state index in [2.05, 4.69) is 15.3 Å². The van der Waals surface area contributed by atoms with Gasteiger partial charge in [-0.1, -0.05) is 38.1 Å². The quantitative estimate of drug-likeness (QED) is 0.591. The number of hydrogen-bond donors (Lipinski definition) is 1. The Labute approximate surface area is 168 Å². The van der Waals surface area contributed by atoms with Crippen molar-refractivity contribution < 1.29 is 17.2 Å². The lowest BCUT2D eigenvalue weighted by molar-refractivity contribution is 0.141. The number of para-hydroxylation sites is 1. The van der Waals surface area contributed by atoms with E-state index in [0.717, 1.165) is 5.56 Å². The van der Waals surface area contributed by atoms with E-state index in [9.17, 15) is 17.2 Å². The number of fused-ring (bicyclic) bond motifs is 1. The topological polar surface area (TPSA) is 75.2 Å². The Bertz CT molecular complexity index is 1090. The van der Waals surface area contributed by atoms with E-state index in [1.54, 1.807) is 62.4 Å². The minimum atomic E-state index is -3.52. The maximum atomic E-state index is 13.1. The molecule has 2 aromatic carbocycles. The number of alkyl halides is 2. The van der Waals surface area contributed by atoms with Crippen molar-refractivity contribution in [2.24, 2.45) is 0 Å². The number of benzene rings is 2. The molecule has 0 unspecified atom stereocenters. The van der Waals surface area contributed by atoms with Crippen molar-refractivity contribution in [2.75, 3.05) is 18.4 Å². The van der Waals surface area contributed by atoms with Gasteiger partial charge >= 0.3 is 0 Å². The predicted octanol–water partition coefficient (Wildman–Crippen LogP) is 4.21. The molecule has 0 aliphatic carbocycles. The monoisotopic (exact) mass is 420 g/mol. The molecule has 3 rings (SSSR count). The third-order valence-electron chi connectivity index (χ3n) is 4.54. The number of aromatic nitrogens is 2. The van der Waals surface area contributed by atoms with E-state index in [1.807, 2.05) is 0 Å². The number of nitrogens with zero attached hydrogens (tertiary/aromatic N) is 3. The maximum absolute atomic E-state index is 13.1. The second kappa shape index (κ2) is 8.79. The summed E-state index contributed by atoms with van der Waals surface area (Å²) in [6.07, 6.45) is -2.77. The molecule has 0 radical (unpaired) electrons. The van der Waals surface area contributed by atoms with Crippen LogP contribution >= 0.6 is 0 Å². The Morgan fingerprint density at radius 3 is 2.28 bits per heavy atom. The normalized spacial score (nSPS) is 12.1. The lowest BCUT2D eigenvalue weighted by Gasteiger charge is -2.18. The molecule has 3 aromatic rings. The van der Waals surface area contributed by atoms with Gasteiger partial charge in [-0.15, -0.1) is 0 Å². The second-order valence-corrected chi connectivity index (χ2v) is 8.27. The zero-order valence-electron chi connectivity index (χ0n) is 16.1. The number of hydrogen-bond acceptors (Lipinski definition) is 5. The van der Waals surface area contributed by atoms with Crippen molar-refractivity contribution >= 4 is 26.7 Å². The van der Waals surface area contributed by atoms with Gasteiger partial charge in [-0.2, -0.15) is 4.31 Å². The number of anilines is 1. The predicted molar refractivity (Wildman–Crippen MR) is 108 cm³/mol. The zero-order chi connectivity index (χ0) is 21.0. The molecule has 0 atom stereocenters. The minimum Gasteiger partial charge on any atom is -0.365 e. The largest absolute Gasteiger partial charge is 0.365 e. The highest BCUT2D eigenvalue weighted by atomic mass is 32.2. The Morgan fingerprint density at radius 2 is 1.66 bits per heavy atom. The molecule has 0 spiro atoms. The fraction of sp³-hybridized carbons (Fsp3) is 0.300. The number of halogens is 2. The van der Waals surface area contributed by atoms with E-state index in [4.69, 9.17) is 0 Å². The summed E-state index contributed by atoms with van der Waals surface area (Å²) >= 11 is 0. The smallest absolute Gasteiger partial charge is 0.297 e. The van der Waals surface area contributed by atoms with E-state index in [0.29, 0.717) is 36.4 Å². The Kier molecular flexibility index (Phi) is 6.39. The molecule has 154 valence electrons. The summed E-state index contributed by atoms with van der Waals surface area (Å²) in [4.78, 5) is 8.05. The van der Waals surface area contributed by atoms with Crippen LogP contribution in [0.4, 0.5) is 14.6 Å². The van der Waals surface area contributed by atoms with E-state index in [-0.39, 0.29) is 4.90 Å². The molecular weight excluding hydrogens is 398 g/mol. The lowest BCUT2D eigenvalue weighted by Crippen LogP contribution is -2.30. The summed E-state index contributed by atoms with van der Waals surface area (Å²) in [5.41, 5.74) is 1.23. The van der Waals surface area contributed by atoms with Crippen LogP contribution in [0.15, 0.2) is 53.4 Å². The zero-order valence-corrected chi connectivity index (χ0v) is 17.0. The van der Waals surface area contributed by atoms with Crippen LogP contribution in [-0.4, -0.2) is 35.8 Å². The fourth-order valence-corrected chi connectivity index (χ4v) is 4.46. The third kappa shape index (κ3) is 4.51. The van der Waals surface area contributed by atoms with Gasteiger partial charge < -0.3 is 5.32 Å². The minimum absolute atomic E-state index is 0.220. The highest BCUT2D eigenvalue weighted by Gasteiger charge is 2.21. The average molecular weight is 420 g/mol. The van der Waals surface area contributed by atoms with Crippen LogP contribution in [0.2, 0.25) is 0 Å². The molecule has 0 aliphatic heterocycles. The first-order valence-corrected chi connectivity index (χ1v) is 10.7. The van der Waals surface area contributed by atoms with Crippen molar-refractivity contribution in [3.8, 4) is 0 Å². The second-order valence-electron chi connectivity index (χ2n) is 6.34. The molecule has 9 heteroatoms. The lowest BCUT2D eigenvalue weighted by atomic mass is 10.2. The molecule has 0 bridgehead atoms. The van der Waals surface area contributed by atoms with E-state index < -0.39 is 22.3 Å². The van der Waals surface area contributed by atoms with E-state index >= 15 is 0 Å². The first kappa shape index (κ1) is 21.1. The van der Waals surface area contributed by atoms with Crippen LogP contribution in [0.25, 0.3) is 10.9 Å². The number of sulfonamides is 1. The van der Waals surface area contributed by atoms with Crippen molar-refractivity contribution in [3.05, 3.63) is 59.9 Å². The molecule has 0 saturated carbocycles. The van der Waals surface area contributed by atoms with Crippen LogP contribution in [0.1, 0.15) is 31.7 Å². The molecule has 0 fully saturated rings. The molecule has 0 aliphatic rings. The van der Waals surface area contributed by atoms with Gasteiger partial charge in [0.2, 0.25) is 10.0 Å². The summed E-state index contributed by atoms with van der Waals surface area (Å²) in [5.74, 6) is -0.224. The van der Waals surface area contributed by atoms with Gasteiger partial charge in [0.15, 0.2) is 5.82 Å². The van der Waals surface area contributed by atoms with Crippen molar-refractivity contribution in [1.82, 2.24) is 14.3 Å². The van der Waals surface area contributed by atoms with Gasteiger partial charge in [0, 0.05) is 25.0 Å². The number of nitrogens with one attached hydrogen (secondary N) is 1. The van der Waals surface area contributed by atoms with Crippen LogP contribution in [0.3, 0.4) is 0 Å². The summed E-state index contributed by atoms with van der Waals surface area (Å²) < 4.78 is 52.7. The Hall–Kier alpha value is -2.65. The first-order chi connectivity index (χ1) is 13.9. The maximum Gasteiger partial charge on any atom is 0.297 e. The molecule has 0 saturated heterocycles. The van der Waals surface area contributed by atoms with Gasteiger partial charge in [0.25, 0.3) is 6.43 Å². The molecule has 29 heavy (non-hydrogen) atoms. The molecule has 0 amide bonds. The summed E-state index contributed by atoms with van der Waals surface area (Å²) in [5, 5.41) is 3.69. The van der Waals surface area contributed by atoms with Crippen molar-refractivity contribution in [2.45, 2.75) is 31.7 Å². The van der Waals surface area contributed by atoms with Crippen molar-refractivity contribution in [3.63, 3.8) is 0 Å². The van der Waals surface area contributed by atoms with Crippen LogP contribution < -0.4 is 5.32 Å².